The predicted molar refractivity (Wildman–Crippen MR) is 173 cm³/mol. The third kappa shape index (κ3) is 8.45. The minimum Gasteiger partial charge on any atom is -0.435 e. The number of rotatable bonds is 12. The predicted octanol–water partition coefficient (Wildman–Crippen LogP) is 3.12. The summed E-state index contributed by atoms with van der Waals surface area (Å²) in [5.41, 5.74) is 2.21. The second-order valence-corrected chi connectivity index (χ2v) is 11.1. The third-order valence-corrected chi connectivity index (χ3v) is 7.65. The molecule has 1 aromatic carbocycles. The molecule has 0 bridgehead atoms. The van der Waals surface area contributed by atoms with Crippen LogP contribution in [0.3, 0.4) is 0 Å². The minimum atomic E-state index is -2.97. The molecule has 5 rings (SSSR count). The van der Waals surface area contributed by atoms with Crippen molar-refractivity contribution in [2.75, 3.05) is 55.3 Å². The van der Waals surface area contributed by atoms with Crippen LogP contribution in [0.5, 0.6) is 5.75 Å². The molecule has 1 fully saturated rings. The molecule has 1 aliphatic rings. The molecular weight excluding hydrogens is 630 g/mol. The number of hydrogen-bond acceptors (Lipinski definition) is 7. The van der Waals surface area contributed by atoms with Gasteiger partial charge in [0.25, 0.3) is 23.6 Å². The van der Waals surface area contributed by atoms with Crippen LogP contribution in [0.1, 0.15) is 41.8 Å². The molecule has 1 saturated heterocycles. The Morgan fingerprint density at radius 1 is 0.729 bits per heavy atom. The number of aryl methyl sites for hydroxylation is 3. The molecule has 0 radical (unpaired) electrons. The summed E-state index contributed by atoms with van der Waals surface area (Å²) in [6, 6.07) is 9.78. The van der Waals surface area contributed by atoms with E-state index < -0.39 is 24.3 Å². The molecule has 48 heavy (non-hydrogen) atoms. The van der Waals surface area contributed by atoms with Crippen LogP contribution in [0.15, 0.2) is 61.1 Å². The Kier molecular flexibility index (Phi) is 10.6. The van der Waals surface area contributed by atoms with E-state index in [0.29, 0.717) is 42.5 Å². The molecule has 1 aliphatic heterocycles. The quantitative estimate of drug-likeness (QED) is 0.181. The Balaban J connectivity index is 1.15. The van der Waals surface area contributed by atoms with Crippen molar-refractivity contribution >= 4 is 40.7 Å². The maximum absolute atomic E-state index is 13.1. The molecule has 0 unspecified atom stereocenters. The fourth-order valence-electron chi connectivity index (χ4n) is 5.20. The number of nitrogens with zero attached hydrogens (tertiary/aromatic N) is 4. The van der Waals surface area contributed by atoms with E-state index >= 15 is 0 Å². The fourth-order valence-corrected chi connectivity index (χ4v) is 5.20. The zero-order chi connectivity index (χ0) is 34.4. The SMILES string of the molecule is Cn1cc(NC(=O)c2cc(NC(=O)c3cc(NC(=O)c4ccc(OC(F)F)cc4)cn3C)cn2C)cc1C(=O)NCCN1CCOCC1. The van der Waals surface area contributed by atoms with Gasteiger partial charge in [-0.2, -0.15) is 8.78 Å². The van der Waals surface area contributed by atoms with Crippen molar-refractivity contribution in [3.8, 4) is 5.75 Å². The number of carbonyl (C=O) groups is 4. The Morgan fingerprint density at radius 2 is 1.19 bits per heavy atom. The van der Waals surface area contributed by atoms with E-state index in [9.17, 15) is 28.0 Å². The minimum absolute atomic E-state index is 0.0776. The second kappa shape index (κ2) is 15.0. The summed E-state index contributed by atoms with van der Waals surface area (Å²) < 4.78 is 39.1. The first-order valence-corrected chi connectivity index (χ1v) is 15.0. The number of alkyl halides is 2. The Hall–Kier alpha value is -5.48. The summed E-state index contributed by atoms with van der Waals surface area (Å²) in [5.74, 6) is -1.78. The average molecular weight is 667 g/mol. The molecule has 0 atom stereocenters. The van der Waals surface area contributed by atoms with Crippen LogP contribution < -0.4 is 26.0 Å². The van der Waals surface area contributed by atoms with E-state index in [2.05, 4.69) is 30.9 Å². The van der Waals surface area contributed by atoms with Crippen molar-refractivity contribution < 1.29 is 37.4 Å². The van der Waals surface area contributed by atoms with Gasteiger partial charge in [-0.1, -0.05) is 0 Å². The molecule has 4 heterocycles. The van der Waals surface area contributed by atoms with Crippen molar-refractivity contribution in [3.05, 3.63) is 83.7 Å². The number of benzene rings is 1. The molecule has 0 spiro atoms. The van der Waals surface area contributed by atoms with Gasteiger partial charge in [-0.05, 0) is 42.5 Å². The zero-order valence-corrected chi connectivity index (χ0v) is 26.6. The van der Waals surface area contributed by atoms with Crippen LogP contribution in [0.2, 0.25) is 0 Å². The lowest BCUT2D eigenvalue weighted by atomic mass is 10.2. The maximum Gasteiger partial charge on any atom is 0.387 e. The van der Waals surface area contributed by atoms with Crippen molar-refractivity contribution in [3.63, 3.8) is 0 Å². The highest BCUT2D eigenvalue weighted by Crippen LogP contribution is 2.21. The summed E-state index contributed by atoms with van der Waals surface area (Å²) >= 11 is 0. The van der Waals surface area contributed by atoms with Gasteiger partial charge in [0.1, 0.15) is 22.8 Å². The van der Waals surface area contributed by atoms with Gasteiger partial charge in [0, 0.05) is 71.5 Å². The van der Waals surface area contributed by atoms with Crippen LogP contribution in [-0.4, -0.2) is 88.2 Å². The topological polar surface area (TPSA) is 153 Å². The van der Waals surface area contributed by atoms with Gasteiger partial charge in [0.05, 0.1) is 30.3 Å². The number of nitrogens with one attached hydrogen (secondary N) is 4. The molecule has 4 N–H and O–H groups in total. The van der Waals surface area contributed by atoms with Gasteiger partial charge in [0.15, 0.2) is 0 Å². The van der Waals surface area contributed by atoms with Crippen LogP contribution >= 0.6 is 0 Å². The molecule has 254 valence electrons. The monoisotopic (exact) mass is 666 g/mol. The van der Waals surface area contributed by atoms with E-state index in [-0.39, 0.29) is 28.6 Å². The Labute approximate surface area is 274 Å². The van der Waals surface area contributed by atoms with Crippen molar-refractivity contribution in [2.45, 2.75) is 6.61 Å². The van der Waals surface area contributed by atoms with Gasteiger partial charge in [-0.3, -0.25) is 24.1 Å². The number of morpholine rings is 1. The number of halogens is 2. The maximum atomic E-state index is 13.1. The molecule has 4 aromatic rings. The number of carbonyl (C=O) groups excluding carboxylic acids is 4. The summed E-state index contributed by atoms with van der Waals surface area (Å²) in [6.07, 6.45) is 4.77. The lowest BCUT2D eigenvalue weighted by molar-refractivity contribution is -0.0498. The summed E-state index contributed by atoms with van der Waals surface area (Å²) in [4.78, 5) is 53.8. The lowest BCUT2D eigenvalue weighted by Gasteiger charge is -2.26. The summed E-state index contributed by atoms with van der Waals surface area (Å²) in [7, 11) is 5.00. The van der Waals surface area contributed by atoms with Crippen molar-refractivity contribution in [2.24, 2.45) is 21.1 Å². The average Bonchev–Trinajstić information content (AvgIpc) is 3.72. The first-order chi connectivity index (χ1) is 23.0. The van der Waals surface area contributed by atoms with E-state index in [1.807, 2.05) is 0 Å². The largest absolute Gasteiger partial charge is 0.435 e. The number of hydrogen-bond donors (Lipinski definition) is 4. The molecule has 0 aliphatic carbocycles. The van der Waals surface area contributed by atoms with Gasteiger partial charge >= 0.3 is 6.61 Å². The fraction of sp³-hybridized carbons (Fsp3) is 0.312. The number of aromatic nitrogens is 3. The second-order valence-electron chi connectivity index (χ2n) is 11.1. The highest BCUT2D eigenvalue weighted by atomic mass is 19.3. The molecule has 4 amide bonds. The number of amides is 4. The van der Waals surface area contributed by atoms with Crippen LogP contribution in [0, 0.1) is 0 Å². The van der Waals surface area contributed by atoms with E-state index in [0.717, 1.165) is 19.6 Å². The lowest BCUT2D eigenvalue weighted by Crippen LogP contribution is -2.41. The highest BCUT2D eigenvalue weighted by molar-refractivity contribution is 6.08. The van der Waals surface area contributed by atoms with Crippen molar-refractivity contribution in [1.29, 1.82) is 0 Å². The first-order valence-electron chi connectivity index (χ1n) is 15.0. The highest BCUT2D eigenvalue weighted by Gasteiger charge is 2.20. The Bertz CT molecular complexity index is 1790. The smallest absolute Gasteiger partial charge is 0.387 e. The molecule has 16 heteroatoms. The molecule has 14 nitrogen and oxygen atoms in total. The first kappa shape index (κ1) is 33.9. The normalized spacial score (nSPS) is 13.3. The summed E-state index contributed by atoms with van der Waals surface area (Å²) in [6.45, 7) is 1.26. The Morgan fingerprint density at radius 3 is 1.67 bits per heavy atom. The van der Waals surface area contributed by atoms with Gasteiger partial charge in [-0.15, -0.1) is 0 Å². The number of anilines is 3. The van der Waals surface area contributed by atoms with Crippen LogP contribution in [-0.2, 0) is 25.9 Å². The molecular formula is C32H36F2N8O6. The van der Waals surface area contributed by atoms with Crippen molar-refractivity contribution in [1.82, 2.24) is 23.9 Å². The van der Waals surface area contributed by atoms with Gasteiger partial charge in [0.2, 0.25) is 0 Å². The summed E-state index contributed by atoms with van der Waals surface area (Å²) in [5, 5.41) is 11.1. The van der Waals surface area contributed by atoms with E-state index in [1.54, 1.807) is 54.9 Å². The van der Waals surface area contributed by atoms with Crippen LogP contribution in [0.4, 0.5) is 25.8 Å². The number of ether oxygens (including phenoxy) is 2. The van der Waals surface area contributed by atoms with Gasteiger partial charge in [-0.25, -0.2) is 0 Å². The standard InChI is InChI=1S/C32H36F2N8O6/c1-39-18-22(14-25(39)29(44)35-8-9-42-10-12-47-13-11-42)37-31(46)27-16-23(19-41(27)3)38-30(45)26-15-21(17-40(26)2)36-28(43)20-4-6-24(7-5-20)48-32(33)34/h4-7,14-19,32H,8-13H2,1-3H3,(H,35,44)(H,36,43)(H,37,46)(H,38,45). The van der Waals surface area contributed by atoms with E-state index in [4.69, 9.17) is 4.74 Å². The van der Waals surface area contributed by atoms with Crippen LogP contribution in [0.25, 0.3) is 0 Å². The van der Waals surface area contributed by atoms with E-state index in [1.165, 1.54) is 41.0 Å². The molecule has 3 aromatic heterocycles. The molecule has 0 saturated carbocycles. The zero-order valence-electron chi connectivity index (χ0n) is 26.6. The van der Waals surface area contributed by atoms with Gasteiger partial charge < -0.3 is 44.4 Å². The third-order valence-electron chi connectivity index (χ3n) is 7.65.